The molecule has 6 nitrogen and oxygen atoms in total. The number of carbonyl (C=O) groups is 1. The zero-order valence-electron chi connectivity index (χ0n) is 17.0. The highest BCUT2D eigenvalue weighted by Gasteiger charge is 2.26. The van der Waals surface area contributed by atoms with Gasteiger partial charge in [0.2, 0.25) is 5.78 Å². The fraction of sp³-hybridized carbons (Fsp3) is 0.364. The summed E-state index contributed by atoms with van der Waals surface area (Å²) in [6.07, 6.45) is 0. The predicted octanol–water partition coefficient (Wildman–Crippen LogP) is 2.63. The van der Waals surface area contributed by atoms with Gasteiger partial charge in [0, 0.05) is 23.0 Å². The van der Waals surface area contributed by atoms with Crippen LogP contribution >= 0.6 is 11.6 Å². The van der Waals surface area contributed by atoms with Crippen LogP contribution in [0.4, 0.5) is 5.69 Å². The molecule has 3 heterocycles. The van der Waals surface area contributed by atoms with Crippen molar-refractivity contribution in [2.45, 2.75) is 20.8 Å². The highest BCUT2D eigenvalue weighted by atomic mass is 35.5. The number of quaternary nitrogens is 1. The predicted molar refractivity (Wildman–Crippen MR) is 114 cm³/mol. The molecule has 0 aliphatic carbocycles. The Kier molecular flexibility index (Phi) is 5.48. The first-order valence-electron chi connectivity index (χ1n) is 9.93. The third-order valence-electron chi connectivity index (χ3n) is 5.65. The van der Waals surface area contributed by atoms with E-state index in [0.717, 1.165) is 65.4 Å². The van der Waals surface area contributed by atoms with Gasteiger partial charge in [-0.3, -0.25) is 9.36 Å². The molecule has 0 radical (unpaired) electrons. The monoisotopic (exact) mass is 413 g/mol. The average Bonchev–Trinajstić information content (AvgIpc) is 3.25. The second-order valence-electron chi connectivity index (χ2n) is 7.70. The SMILES string of the molecule is Cc1cc(-n2c(C)cc(C(=O)C[NH+]3CCN(c4ccccc4Cl)CC3)c2C)no1. The molecule has 29 heavy (non-hydrogen) atoms. The molecular formula is C22H26ClN4O2+. The van der Waals surface area contributed by atoms with Gasteiger partial charge < -0.3 is 14.3 Å². The normalized spacial score (nSPS) is 15.1. The largest absolute Gasteiger partial charge is 0.360 e. The first-order chi connectivity index (χ1) is 13.9. The summed E-state index contributed by atoms with van der Waals surface area (Å²) in [5.41, 5.74) is 3.74. The Bertz CT molecular complexity index is 1030. The van der Waals surface area contributed by atoms with E-state index < -0.39 is 0 Å². The standard InChI is InChI=1S/C22H25ClN4O2/c1-15-12-18(17(3)27(15)22-13-16(2)29-24-22)21(28)14-25-8-10-26(11-9-25)20-7-5-4-6-19(20)23/h4-7,12-13H,8-11,14H2,1-3H3/p+1. The third kappa shape index (κ3) is 3.95. The molecule has 1 aliphatic rings. The summed E-state index contributed by atoms with van der Waals surface area (Å²) in [5.74, 6) is 1.64. The number of aryl methyl sites for hydroxylation is 2. The van der Waals surface area contributed by atoms with Crippen LogP contribution in [0.3, 0.4) is 0 Å². The van der Waals surface area contributed by atoms with Crippen LogP contribution in [-0.4, -0.2) is 48.2 Å². The van der Waals surface area contributed by atoms with Gasteiger partial charge in [0.1, 0.15) is 12.3 Å². The van der Waals surface area contributed by atoms with Crippen LogP contribution in [0.15, 0.2) is 40.9 Å². The third-order valence-corrected chi connectivity index (χ3v) is 5.97. The number of para-hydroxylation sites is 1. The highest BCUT2D eigenvalue weighted by Crippen LogP contribution is 2.25. The first kappa shape index (κ1) is 19.7. The number of piperazine rings is 1. The van der Waals surface area contributed by atoms with Crippen molar-refractivity contribution in [2.24, 2.45) is 0 Å². The molecule has 0 bridgehead atoms. The van der Waals surface area contributed by atoms with E-state index in [1.165, 1.54) is 4.90 Å². The lowest BCUT2D eigenvalue weighted by molar-refractivity contribution is -0.892. The molecule has 7 heteroatoms. The highest BCUT2D eigenvalue weighted by molar-refractivity contribution is 6.33. The number of hydrogen-bond donors (Lipinski definition) is 1. The number of halogens is 1. The van der Waals surface area contributed by atoms with Crippen LogP contribution in [0, 0.1) is 20.8 Å². The van der Waals surface area contributed by atoms with E-state index in [0.29, 0.717) is 6.54 Å². The van der Waals surface area contributed by atoms with Gasteiger partial charge in [-0.2, -0.15) is 0 Å². The van der Waals surface area contributed by atoms with Crippen molar-refractivity contribution in [3.8, 4) is 5.82 Å². The molecule has 1 fully saturated rings. The number of rotatable bonds is 5. The molecule has 0 atom stereocenters. The molecule has 0 spiro atoms. The maximum atomic E-state index is 13.0. The quantitative estimate of drug-likeness (QED) is 0.653. The van der Waals surface area contributed by atoms with Crippen molar-refractivity contribution in [3.05, 3.63) is 64.1 Å². The number of aromatic nitrogens is 2. The number of benzene rings is 1. The molecule has 1 saturated heterocycles. The molecule has 1 aromatic carbocycles. The van der Waals surface area contributed by atoms with Gasteiger partial charge in [-0.05, 0) is 39.0 Å². The molecule has 0 unspecified atom stereocenters. The van der Waals surface area contributed by atoms with Crippen molar-refractivity contribution in [3.63, 3.8) is 0 Å². The van der Waals surface area contributed by atoms with E-state index in [1.807, 2.05) is 55.7 Å². The van der Waals surface area contributed by atoms with Gasteiger partial charge in [0.15, 0.2) is 5.82 Å². The molecule has 1 aliphatic heterocycles. The van der Waals surface area contributed by atoms with Crippen LogP contribution in [-0.2, 0) is 0 Å². The van der Waals surface area contributed by atoms with Crippen LogP contribution in [0.2, 0.25) is 5.02 Å². The number of nitrogens with zero attached hydrogens (tertiary/aromatic N) is 3. The Morgan fingerprint density at radius 3 is 2.55 bits per heavy atom. The summed E-state index contributed by atoms with van der Waals surface area (Å²) in [6, 6.07) is 11.8. The second kappa shape index (κ2) is 8.05. The Hall–Kier alpha value is -2.57. The molecular weight excluding hydrogens is 388 g/mol. The lowest BCUT2D eigenvalue weighted by Gasteiger charge is -2.33. The van der Waals surface area contributed by atoms with Crippen LogP contribution in [0.5, 0.6) is 0 Å². The molecule has 1 N–H and O–H groups in total. The molecule has 4 rings (SSSR count). The van der Waals surface area contributed by atoms with Gasteiger partial charge >= 0.3 is 0 Å². The summed E-state index contributed by atoms with van der Waals surface area (Å²) in [6.45, 7) is 9.93. The lowest BCUT2D eigenvalue weighted by Crippen LogP contribution is -3.15. The van der Waals surface area contributed by atoms with Crippen molar-refractivity contribution in [2.75, 3.05) is 37.6 Å². The number of hydrogen-bond acceptors (Lipinski definition) is 4. The summed E-state index contributed by atoms with van der Waals surface area (Å²) in [5, 5.41) is 4.88. The van der Waals surface area contributed by atoms with Gasteiger partial charge in [-0.25, -0.2) is 0 Å². The van der Waals surface area contributed by atoms with Gasteiger partial charge in [0.25, 0.3) is 0 Å². The summed E-state index contributed by atoms with van der Waals surface area (Å²) >= 11 is 6.33. The minimum absolute atomic E-state index is 0.172. The van der Waals surface area contributed by atoms with Crippen LogP contribution in [0.1, 0.15) is 27.5 Å². The van der Waals surface area contributed by atoms with E-state index in [1.54, 1.807) is 0 Å². The summed E-state index contributed by atoms with van der Waals surface area (Å²) < 4.78 is 7.18. The zero-order valence-corrected chi connectivity index (χ0v) is 17.8. The molecule has 0 amide bonds. The van der Waals surface area contributed by atoms with Crippen LogP contribution in [0.25, 0.3) is 5.82 Å². The van der Waals surface area contributed by atoms with Crippen molar-refractivity contribution in [1.82, 2.24) is 9.72 Å². The Balaban J connectivity index is 1.43. The Morgan fingerprint density at radius 1 is 1.17 bits per heavy atom. The van der Waals surface area contributed by atoms with Crippen molar-refractivity contribution in [1.29, 1.82) is 0 Å². The smallest absolute Gasteiger partial charge is 0.218 e. The van der Waals surface area contributed by atoms with E-state index in [9.17, 15) is 4.79 Å². The summed E-state index contributed by atoms with van der Waals surface area (Å²) in [4.78, 5) is 16.6. The Labute approximate surface area is 175 Å². The molecule has 0 saturated carbocycles. The minimum Gasteiger partial charge on any atom is -0.360 e. The number of nitrogens with one attached hydrogen (secondary N) is 1. The zero-order chi connectivity index (χ0) is 20.5. The van der Waals surface area contributed by atoms with E-state index in [-0.39, 0.29) is 5.78 Å². The second-order valence-corrected chi connectivity index (χ2v) is 8.11. The van der Waals surface area contributed by atoms with Gasteiger partial charge in [-0.1, -0.05) is 28.9 Å². The fourth-order valence-electron chi connectivity index (χ4n) is 4.13. The lowest BCUT2D eigenvalue weighted by atomic mass is 10.1. The summed E-state index contributed by atoms with van der Waals surface area (Å²) in [7, 11) is 0. The first-order valence-corrected chi connectivity index (χ1v) is 10.3. The van der Waals surface area contributed by atoms with E-state index in [2.05, 4.69) is 16.1 Å². The molecule has 3 aromatic rings. The maximum absolute atomic E-state index is 13.0. The van der Waals surface area contributed by atoms with Crippen molar-refractivity contribution >= 4 is 23.1 Å². The number of anilines is 1. The topological polar surface area (TPSA) is 55.7 Å². The van der Waals surface area contributed by atoms with E-state index >= 15 is 0 Å². The average molecular weight is 414 g/mol. The molecule has 152 valence electrons. The maximum Gasteiger partial charge on any atom is 0.218 e. The van der Waals surface area contributed by atoms with Gasteiger partial charge in [-0.15, -0.1) is 0 Å². The minimum atomic E-state index is 0.172. The Morgan fingerprint density at radius 2 is 1.90 bits per heavy atom. The number of ketones is 1. The fourth-order valence-corrected chi connectivity index (χ4v) is 4.38. The number of Topliss-reactive ketones (excluding diaryl/α,β-unsaturated/α-hetero) is 1. The molecule has 2 aromatic heterocycles. The van der Waals surface area contributed by atoms with Crippen molar-refractivity contribution < 1.29 is 14.2 Å². The van der Waals surface area contributed by atoms with Gasteiger partial charge in [0.05, 0.1) is 36.9 Å². The van der Waals surface area contributed by atoms with Crippen LogP contribution < -0.4 is 9.80 Å². The number of carbonyl (C=O) groups excluding carboxylic acids is 1. The van der Waals surface area contributed by atoms with E-state index in [4.69, 9.17) is 16.1 Å².